The minimum atomic E-state index is -3.63. The quantitative estimate of drug-likeness (QED) is 0.562. The first-order valence-electron chi connectivity index (χ1n) is 10.0. The van der Waals surface area contributed by atoms with E-state index in [0.29, 0.717) is 19.6 Å². The van der Waals surface area contributed by atoms with Crippen LogP contribution in [-0.4, -0.2) is 38.3 Å². The Hall–Kier alpha value is -2.41. The Kier molecular flexibility index (Phi) is 5.82. The van der Waals surface area contributed by atoms with Gasteiger partial charge in [-0.25, -0.2) is 8.42 Å². The highest BCUT2D eigenvalue weighted by Crippen LogP contribution is 2.29. The van der Waals surface area contributed by atoms with Gasteiger partial charge in [-0.3, -0.25) is 4.79 Å². The largest absolute Gasteiger partial charge is 0.309 e. The molecule has 1 heterocycles. The van der Waals surface area contributed by atoms with Crippen molar-refractivity contribution in [1.82, 2.24) is 4.31 Å². The molecule has 0 spiro atoms. The molecule has 0 saturated carbocycles. The van der Waals surface area contributed by atoms with Crippen LogP contribution in [0.25, 0.3) is 10.8 Å². The molecule has 156 valence electrons. The summed E-state index contributed by atoms with van der Waals surface area (Å²) in [5, 5.41) is 2.35. The smallest absolute Gasteiger partial charge is 0.259 e. The summed E-state index contributed by atoms with van der Waals surface area (Å²) in [4.78, 5) is 15.1. The first kappa shape index (κ1) is 20.8. The van der Waals surface area contributed by atoms with Crippen LogP contribution in [0.1, 0.15) is 30.1 Å². The van der Waals surface area contributed by atoms with E-state index in [-0.39, 0.29) is 21.4 Å². The highest BCUT2D eigenvalue weighted by molar-refractivity contribution is 7.89. The number of amides is 1. The second kappa shape index (κ2) is 8.38. The van der Waals surface area contributed by atoms with E-state index in [2.05, 4.69) is 0 Å². The van der Waals surface area contributed by atoms with Crippen molar-refractivity contribution < 1.29 is 13.2 Å². The van der Waals surface area contributed by atoms with Gasteiger partial charge in [-0.1, -0.05) is 41.9 Å². The number of carbonyl (C=O) groups excluding carboxylic acids is 1. The summed E-state index contributed by atoms with van der Waals surface area (Å²) >= 11 is 6.33. The number of hydrogen-bond donors (Lipinski definition) is 0. The molecule has 3 aromatic rings. The molecule has 0 atom stereocenters. The predicted molar refractivity (Wildman–Crippen MR) is 121 cm³/mol. The van der Waals surface area contributed by atoms with Gasteiger partial charge in [0.15, 0.2) is 0 Å². The third kappa shape index (κ3) is 3.83. The van der Waals surface area contributed by atoms with Crippen molar-refractivity contribution in [2.75, 3.05) is 24.5 Å². The molecule has 1 aliphatic heterocycles. The molecular formula is C23H23ClN2O3S. The molecular weight excluding hydrogens is 420 g/mol. The van der Waals surface area contributed by atoms with E-state index >= 15 is 0 Å². The minimum Gasteiger partial charge on any atom is -0.309 e. The third-order valence-electron chi connectivity index (χ3n) is 5.48. The third-order valence-corrected chi connectivity index (χ3v) is 7.70. The molecule has 4 rings (SSSR count). The van der Waals surface area contributed by atoms with Gasteiger partial charge in [-0.2, -0.15) is 4.31 Å². The summed E-state index contributed by atoms with van der Waals surface area (Å²) in [6.07, 6.45) is 1.70. The van der Waals surface area contributed by atoms with Gasteiger partial charge in [0.2, 0.25) is 10.0 Å². The molecule has 1 aliphatic rings. The molecule has 0 aliphatic carbocycles. The van der Waals surface area contributed by atoms with Crippen LogP contribution in [0.3, 0.4) is 0 Å². The summed E-state index contributed by atoms with van der Waals surface area (Å²) in [6, 6.07) is 18.1. The molecule has 7 heteroatoms. The van der Waals surface area contributed by atoms with Crippen molar-refractivity contribution in [3.63, 3.8) is 0 Å². The number of carbonyl (C=O) groups is 1. The van der Waals surface area contributed by atoms with Crippen LogP contribution in [0, 0.1) is 0 Å². The predicted octanol–water partition coefficient (Wildman–Crippen LogP) is 4.94. The molecule has 5 nitrogen and oxygen atoms in total. The van der Waals surface area contributed by atoms with Crippen LogP contribution in [0.2, 0.25) is 5.02 Å². The van der Waals surface area contributed by atoms with E-state index in [4.69, 9.17) is 11.6 Å². The number of halogens is 1. The fraction of sp³-hybridized carbons (Fsp3) is 0.261. The number of fused-ring (bicyclic) bond motifs is 1. The lowest BCUT2D eigenvalue weighted by Gasteiger charge is -2.23. The molecule has 0 radical (unpaired) electrons. The van der Waals surface area contributed by atoms with E-state index in [1.807, 2.05) is 49.4 Å². The van der Waals surface area contributed by atoms with E-state index in [0.717, 1.165) is 29.3 Å². The maximum absolute atomic E-state index is 13.4. The lowest BCUT2D eigenvalue weighted by atomic mass is 10.1. The van der Waals surface area contributed by atoms with Crippen LogP contribution in [0.15, 0.2) is 65.6 Å². The average Bonchev–Trinajstić information content (AvgIpc) is 3.30. The standard InChI is InChI=1S/C23H23ClN2O3S/c1-2-26(19-10-9-17-7-3-4-8-18(17)15-19)23(27)21-16-20(11-12-22(21)24)30(28,29)25-13-5-6-14-25/h3-4,7-12,15-16H,2,5-6,13-14H2,1H3. The van der Waals surface area contributed by atoms with Crippen molar-refractivity contribution in [3.05, 3.63) is 71.2 Å². The van der Waals surface area contributed by atoms with E-state index in [1.54, 1.807) is 4.90 Å². The summed E-state index contributed by atoms with van der Waals surface area (Å²) < 4.78 is 27.3. The van der Waals surface area contributed by atoms with Gasteiger partial charge in [0, 0.05) is 25.3 Å². The van der Waals surface area contributed by atoms with Gasteiger partial charge < -0.3 is 4.90 Å². The van der Waals surface area contributed by atoms with E-state index in [9.17, 15) is 13.2 Å². The summed E-state index contributed by atoms with van der Waals surface area (Å²) in [7, 11) is -3.63. The SMILES string of the molecule is CCN(C(=O)c1cc(S(=O)(=O)N2CCCC2)ccc1Cl)c1ccc2ccccc2c1. The van der Waals surface area contributed by atoms with Gasteiger partial charge in [0.25, 0.3) is 5.91 Å². The lowest BCUT2D eigenvalue weighted by Crippen LogP contribution is -2.31. The van der Waals surface area contributed by atoms with Crippen molar-refractivity contribution in [1.29, 1.82) is 0 Å². The van der Waals surface area contributed by atoms with Crippen molar-refractivity contribution in [2.45, 2.75) is 24.7 Å². The monoisotopic (exact) mass is 442 g/mol. The van der Waals surface area contributed by atoms with Gasteiger partial charge in [0.05, 0.1) is 15.5 Å². The summed E-state index contributed by atoms with van der Waals surface area (Å²) in [5.41, 5.74) is 0.928. The van der Waals surface area contributed by atoms with E-state index in [1.165, 1.54) is 22.5 Å². The molecule has 0 aromatic heterocycles. The number of nitrogens with zero attached hydrogens (tertiary/aromatic N) is 2. The number of rotatable bonds is 5. The highest BCUT2D eigenvalue weighted by Gasteiger charge is 2.29. The Balaban J connectivity index is 1.71. The van der Waals surface area contributed by atoms with Crippen LogP contribution < -0.4 is 4.90 Å². The van der Waals surface area contributed by atoms with Gasteiger partial charge >= 0.3 is 0 Å². The van der Waals surface area contributed by atoms with Gasteiger partial charge in [0.1, 0.15) is 0 Å². The van der Waals surface area contributed by atoms with Crippen molar-refractivity contribution >= 4 is 44.0 Å². The minimum absolute atomic E-state index is 0.103. The summed E-state index contributed by atoms with van der Waals surface area (Å²) in [6.45, 7) is 3.32. The Labute approximate surface area is 181 Å². The second-order valence-electron chi connectivity index (χ2n) is 7.33. The zero-order valence-electron chi connectivity index (χ0n) is 16.7. The maximum atomic E-state index is 13.4. The second-order valence-corrected chi connectivity index (χ2v) is 9.68. The van der Waals surface area contributed by atoms with E-state index < -0.39 is 10.0 Å². The van der Waals surface area contributed by atoms with Crippen LogP contribution in [0.5, 0.6) is 0 Å². The number of hydrogen-bond acceptors (Lipinski definition) is 3. The highest BCUT2D eigenvalue weighted by atomic mass is 35.5. The molecule has 1 amide bonds. The first-order valence-corrected chi connectivity index (χ1v) is 11.8. The number of sulfonamides is 1. The Morgan fingerprint density at radius 1 is 1.00 bits per heavy atom. The Morgan fingerprint density at radius 2 is 1.70 bits per heavy atom. The molecule has 0 N–H and O–H groups in total. The first-order chi connectivity index (χ1) is 14.4. The molecule has 0 bridgehead atoms. The maximum Gasteiger partial charge on any atom is 0.259 e. The summed E-state index contributed by atoms with van der Waals surface area (Å²) in [5.74, 6) is -0.323. The number of anilines is 1. The van der Waals surface area contributed by atoms with Crippen molar-refractivity contribution in [3.8, 4) is 0 Å². The molecule has 30 heavy (non-hydrogen) atoms. The van der Waals surface area contributed by atoms with Crippen molar-refractivity contribution in [2.24, 2.45) is 0 Å². The Morgan fingerprint density at radius 3 is 2.40 bits per heavy atom. The number of benzene rings is 3. The van der Waals surface area contributed by atoms with Crippen LogP contribution in [0.4, 0.5) is 5.69 Å². The van der Waals surface area contributed by atoms with Crippen LogP contribution >= 0.6 is 11.6 Å². The molecule has 1 saturated heterocycles. The lowest BCUT2D eigenvalue weighted by molar-refractivity contribution is 0.0988. The molecule has 1 fully saturated rings. The molecule has 3 aromatic carbocycles. The van der Waals surface area contributed by atoms with Gasteiger partial charge in [-0.05, 0) is 60.9 Å². The zero-order chi connectivity index (χ0) is 21.3. The Bertz CT molecular complexity index is 1200. The topological polar surface area (TPSA) is 57.7 Å². The van der Waals surface area contributed by atoms with Crippen LogP contribution in [-0.2, 0) is 10.0 Å². The molecule has 0 unspecified atom stereocenters. The zero-order valence-corrected chi connectivity index (χ0v) is 18.3. The normalized spacial score (nSPS) is 14.9. The van der Waals surface area contributed by atoms with Gasteiger partial charge in [-0.15, -0.1) is 0 Å². The fourth-order valence-electron chi connectivity index (χ4n) is 3.84. The average molecular weight is 443 g/mol. The fourth-order valence-corrected chi connectivity index (χ4v) is 5.58.